The molecule has 5 rings (SSSR count). The monoisotopic (exact) mass is 431 g/mol. The average molecular weight is 431 g/mol. The molecule has 0 aliphatic heterocycles. The van der Waals surface area contributed by atoms with Gasteiger partial charge in [0.2, 0.25) is 5.78 Å². The minimum absolute atomic E-state index is 0.0210. The molecule has 9 heteroatoms. The first-order valence-corrected chi connectivity index (χ1v) is 9.57. The largest absolute Gasteiger partial charge is 0.366 e. The number of aromatic nitrogens is 4. The Morgan fingerprint density at radius 3 is 2.66 bits per heavy atom. The van der Waals surface area contributed by atoms with E-state index in [0.29, 0.717) is 16.6 Å². The Morgan fingerprint density at radius 1 is 1.06 bits per heavy atom. The molecule has 2 aromatic carbocycles. The van der Waals surface area contributed by atoms with Crippen molar-refractivity contribution in [3.05, 3.63) is 83.3 Å². The molecular formula is C23H15F2N5O2. The smallest absolute Gasteiger partial charge is 0.251 e. The summed E-state index contributed by atoms with van der Waals surface area (Å²) < 4.78 is 30.8. The lowest BCUT2D eigenvalue weighted by Crippen LogP contribution is -2.17. The van der Waals surface area contributed by atoms with E-state index in [4.69, 9.17) is 5.73 Å². The number of hydrogen-bond acceptors (Lipinski definition) is 4. The van der Waals surface area contributed by atoms with Crippen LogP contribution in [0.5, 0.6) is 0 Å². The summed E-state index contributed by atoms with van der Waals surface area (Å²) in [6.07, 6.45) is 4.86. The Labute approximate surface area is 179 Å². The van der Waals surface area contributed by atoms with Crippen LogP contribution < -0.4 is 5.73 Å². The van der Waals surface area contributed by atoms with Crippen molar-refractivity contribution in [1.82, 2.24) is 19.7 Å². The van der Waals surface area contributed by atoms with Gasteiger partial charge in [-0.3, -0.25) is 14.3 Å². The van der Waals surface area contributed by atoms with Gasteiger partial charge in [0.05, 0.1) is 16.6 Å². The standard InChI is InChI=1S/C23H15F2N5O2/c1-30-10-12-3-2-11(7-18(12)29-30)13-6-15-16(9-28-23(15)27-8-13)21(31)19-17(24)5-4-14(20(19)25)22(26)32/h2-10H,1H3,(H2,26,32)(H,27,28). The highest BCUT2D eigenvalue weighted by Crippen LogP contribution is 2.29. The van der Waals surface area contributed by atoms with Crippen molar-refractivity contribution in [1.29, 1.82) is 0 Å². The number of nitrogens with two attached hydrogens (primary N) is 1. The molecule has 0 spiro atoms. The van der Waals surface area contributed by atoms with E-state index in [1.54, 1.807) is 16.9 Å². The number of aryl methyl sites for hydroxylation is 1. The fraction of sp³-hybridized carbons (Fsp3) is 0.0435. The van der Waals surface area contributed by atoms with E-state index >= 15 is 0 Å². The summed E-state index contributed by atoms with van der Waals surface area (Å²) in [4.78, 5) is 31.7. The van der Waals surface area contributed by atoms with E-state index in [-0.39, 0.29) is 5.56 Å². The molecule has 0 bridgehead atoms. The zero-order valence-corrected chi connectivity index (χ0v) is 16.7. The number of pyridine rings is 1. The van der Waals surface area contributed by atoms with Crippen molar-refractivity contribution in [2.45, 2.75) is 0 Å². The maximum Gasteiger partial charge on any atom is 0.251 e. The number of fused-ring (bicyclic) bond motifs is 2. The second-order valence-corrected chi connectivity index (χ2v) is 7.38. The van der Waals surface area contributed by atoms with Crippen LogP contribution in [0.2, 0.25) is 0 Å². The number of nitrogens with zero attached hydrogens (tertiary/aromatic N) is 3. The minimum Gasteiger partial charge on any atom is -0.366 e. The molecule has 0 atom stereocenters. The third kappa shape index (κ3) is 3.02. The van der Waals surface area contributed by atoms with Crippen LogP contribution in [0.25, 0.3) is 33.1 Å². The first kappa shape index (κ1) is 19.6. The molecule has 0 fully saturated rings. The number of nitrogens with one attached hydrogen (secondary N) is 1. The molecule has 0 saturated heterocycles. The number of carbonyl (C=O) groups is 2. The predicted molar refractivity (Wildman–Crippen MR) is 114 cm³/mol. The van der Waals surface area contributed by atoms with Gasteiger partial charge < -0.3 is 10.7 Å². The number of ketones is 1. The Morgan fingerprint density at radius 2 is 1.88 bits per heavy atom. The zero-order chi connectivity index (χ0) is 22.6. The molecule has 3 heterocycles. The van der Waals surface area contributed by atoms with Crippen molar-refractivity contribution in [3.8, 4) is 11.1 Å². The molecule has 0 aliphatic rings. The fourth-order valence-electron chi connectivity index (χ4n) is 3.75. The molecule has 0 unspecified atom stereocenters. The van der Waals surface area contributed by atoms with Crippen molar-refractivity contribution in [3.63, 3.8) is 0 Å². The third-order valence-electron chi connectivity index (χ3n) is 5.31. The maximum atomic E-state index is 14.7. The van der Waals surface area contributed by atoms with Gasteiger partial charge in [0.1, 0.15) is 17.3 Å². The third-order valence-corrected chi connectivity index (χ3v) is 5.31. The molecule has 7 nitrogen and oxygen atoms in total. The van der Waals surface area contributed by atoms with Crippen LogP contribution in [0.3, 0.4) is 0 Å². The number of aromatic amines is 1. The highest BCUT2D eigenvalue weighted by molar-refractivity contribution is 6.17. The van der Waals surface area contributed by atoms with Crippen LogP contribution in [0.1, 0.15) is 26.3 Å². The van der Waals surface area contributed by atoms with Crippen molar-refractivity contribution in [2.24, 2.45) is 12.8 Å². The molecule has 0 saturated carbocycles. The van der Waals surface area contributed by atoms with Gasteiger partial charge in [-0.05, 0) is 29.8 Å². The van der Waals surface area contributed by atoms with Gasteiger partial charge in [-0.15, -0.1) is 0 Å². The number of rotatable bonds is 4. The number of halogens is 2. The first-order chi connectivity index (χ1) is 15.3. The van der Waals surface area contributed by atoms with Gasteiger partial charge in [0.25, 0.3) is 5.91 Å². The Balaban J connectivity index is 1.64. The molecule has 5 aromatic rings. The van der Waals surface area contributed by atoms with E-state index < -0.39 is 34.5 Å². The Bertz CT molecular complexity index is 1570. The van der Waals surface area contributed by atoms with Crippen LogP contribution >= 0.6 is 0 Å². The number of benzene rings is 2. The summed E-state index contributed by atoms with van der Waals surface area (Å²) in [5.74, 6) is -4.39. The zero-order valence-electron chi connectivity index (χ0n) is 16.7. The number of carbonyl (C=O) groups excluding carboxylic acids is 2. The molecular weight excluding hydrogens is 416 g/mol. The number of amides is 1. The van der Waals surface area contributed by atoms with E-state index in [0.717, 1.165) is 28.6 Å². The van der Waals surface area contributed by atoms with E-state index in [2.05, 4.69) is 15.1 Å². The van der Waals surface area contributed by atoms with Gasteiger partial charge in [-0.2, -0.15) is 5.10 Å². The predicted octanol–water partition coefficient (Wildman–Crippen LogP) is 3.72. The van der Waals surface area contributed by atoms with Gasteiger partial charge >= 0.3 is 0 Å². The number of H-pyrrole nitrogens is 1. The highest BCUT2D eigenvalue weighted by atomic mass is 19.1. The molecule has 158 valence electrons. The second-order valence-electron chi connectivity index (χ2n) is 7.38. The fourth-order valence-corrected chi connectivity index (χ4v) is 3.75. The summed E-state index contributed by atoms with van der Waals surface area (Å²) in [5.41, 5.74) is 6.44. The van der Waals surface area contributed by atoms with Crippen molar-refractivity contribution in [2.75, 3.05) is 0 Å². The lowest BCUT2D eigenvalue weighted by Gasteiger charge is -2.07. The Kier molecular flexibility index (Phi) is 4.33. The van der Waals surface area contributed by atoms with Crippen LogP contribution in [-0.2, 0) is 7.05 Å². The second kappa shape index (κ2) is 7.09. The Hall–Kier alpha value is -4.40. The average Bonchev–Trinajstić information content (AvgIpc) is 3.34. The number of primary amides is 1. The van der Waals surface area contributed by atoms with Crippen LogP contribution in [-0.4, -0.2) is 31.4 Å². The summed E-state index contributed by atoms with van der Waals surface area (Å²) in [6.45, 7) is 0. The van der Waals surface area contributed by atoms with Crippen LogP contribution in [0.15, 0.2) is 55.0 Å². The SMILES string of the molecule is Cn1cc2ccc(-c3cnc4[nH]cc(C(=O)c5c(F)ccc(C(N)=O)c5F)c4c3)cc2n1. The molecule has 1 amide bonds. The summed E-state index contributed by atoms with van der Waals surface area (Å²) in [5, 5.41) is 5.75. The van der Waals surface area contributed by atoms with Gasteiger partial charge in [0.15, 0.2) is 0 Å². The van der Waals surface area contributed by atoms with Crippen molar-refractivity contribution >= 4 is 33.6 Å². The molecule has 0 radical (unpaired) electrons. The maximum absolute atomic E-state index is 14.7. The topological polar surface area (TPSA) is 107 Å². The van der Waals surface area contributed by atoms with Gasteiger partial charge in [0, 0.05) is 47.5 Å². The summed E-state index contributed by atoms with van der Waals surface area (Å²) in [7, 11) is 1.83. The normalized spacial score (nSPS) is 11.3. The lowest BCUT2D eigenvalue weighted by molar-refractivity contribution is 0.0996. The summed E-state index contributed by atoms with van der Waals surface area (Å²) in [6, 6.07) is 9.18. The lowest BCUT2D eigenvalue weighted by atomic mass is 9.98. The van der Waals surface area contributed by atoms with Gasteiger partial charge in [-0.25, -0.2) is 13.8 Å². The van der Waals surface area contributed by atoms with E-state index in [1.807, 2.05) is 31.4 Å². The molecule has 32 heavy (non-hydrogen) atoms. The van der Waals surface area contributed by atoms with Crippen molar-refractivity contribution < 1.29 is 18.4 Å². The summed E-state index contributed by atoms with van der Waals surface area (Å²) >= 11 is 0. The number of hydrogen-bond donors (Lipinski definition) is 2. The molecule has 0 aliphatic carbocycles. The quantitative estimate of drug-likeness (QED) is 0.423. The molecule has 3 N–H and O–H groups in total. The van der Waals surface area contributed by atoms with E-state index in [1.165, 1.54) is 6.20 Å². The van der Waals surface area contributed by atoms with Crippen LogP contribution in [0, 0.1) is 11.6 Å². The minimum atomic E-state index is -1.29. The highest BCUT2D eigenvalue weighted by Gasteiger charge is 2.26. The molecule has 3 aromatic heterocycles. The van der Waals surface area contributed by atoms with E-state index in [9.17, 15) is 18.4 Å². The first-order valence-electron chi connectivity index (χ1n) is 9.57. The van der Waals surface area contributed by atoms with Crippen LogP contribution in [0.4, 0.5) is 8.78 Å². The van der Waals surface area contributed by atoms with Gasteiger partial charge in [-0.1, -0.05) is 12.1 Å².